The van der Waals surface area contributed by atoms with Crippen molar-refractivity contribution in [3.63, 3.8) is 0 Å². The van der Waals surface area contributed by atoms with Crippen LogP contribution in [0, 0.1) is 34.0 Å². The lowest BCUT2D eigenvalue weighted by atomic mass is 10.3. The summed E-state index contributed by atoms with van der Waals surface area (Å²) in [7, 11) is 0. The van der Waals surface area contributed by atoms with Crippen LogP contribution in [0.4, 0.5) is 0 Å². The second-order valence-corrected chi connectivity index (χ2v) is 12.8. The average molecular weight is 478 g/mol. The zero-order valence-electron chi connectivity index (χ0n) is 19.1. The summed E-state index contributed by atoms with van der Waals surface area (Å²) in [6.45, 7) is 12.1. The molecule has 0 atom stereocenters. The summed E-state index contributed by atoms with van der Waals surface area (Å²) in [6.07, 6.45) is 1.76. The summed E-state index contributed by atoms with van der Waals surface area (Å²) in [5.41, 5.74) is 0. The molecule has 3 saturated heterocycles. The van der Waals surface area contributed by atoms with Crippen LogP contribution in [0.2, 0.25) is 0 Å². The van der Waals surface area contributed by atoms with Crippen LogP contribution in [-0.2, 0) is 11.8 Å². The van der Waals surface area contributed by atoms with Crippen molar-refractivity contribution in [2.24, 2.45) is 0 Å². The van der Waals surface area contributed by atoms with Gasteiger partial charge in [-0.2, -0.15) is 15.8 Å². The van der Waals surface area contributed by atoms with E-state index in [-0.39, 0.29) is 0 Å². The van der Waals surface area contributed by atoms with E-state index in [4.69, 9.17) is 27.6 Å². The van der Waals surface area contributed by atoms with Crippen molar-refractivity contribution < 1.29 is 0 Å². The van der Waals surface area contributed by atoms with Crippen LogP contribution in [0.25, 0.3) is 0 Å². The maximum atomic E-state index is 8.91. The predicted octanol–water partition coefficient (Wildman–Crippen LogP) is 0.805. The smallest absolute Gasteiger partial charge is 0.145 e. The van der Waals surface area contributed by atoms with Crippen molar-refractivity contribution in [1.82, 2.24) is 28.7 Å². The lowest BCUT2D eigenvalue weighted by molar-refractivity contribution is 0.142. The van der Waals surface area contributed by atoms with Gasteiger partial charge in [-0.05, 0) is 11.8 Å². The average Bonchev–Trinajstić information content (AvgIpc) is 2.85. The highest BCUT2D eigenvalue weighted by Crippen LogP contribution is 2.57. The fraction of sp³-hybridized carbons (Fsp3) is 0.857. The predicted molar refractivity (Wildman–Crippen MR) is 129 cm³/mol. The Bertz CT molecular complexity index is 649. The van der Waals surface area contributed by atoms with Gasteiger partial charge in [0.1, 0.15) is 6.49 Å². The highest BCUT2D eigenvalue weighted by molar-refractivity contribution is 8.11. The third-order valence-electron chi connectivity index (χ3n) is 6.77. The van der Waals surface area contributed by atoms with Crippen LogP contribution >= 0.6 is 6.49 Å². The van der Waals surface area contributed by atoms with Gasteiger partial charge in [-0.15, -0.1) is 0 Å². The zero-order chi connectivity index (χ0) is 22.8. The van der Waals surface area contributed by atoms with E-state index in [0.717, 1.165) is 98.2 Å². The standard InChI is InChI=1S/C21H36N9PS/c22-4-1-7-25-10-16-28(17-11-25)31(32,29-18-12-26(13-19-29)8-2-5-23)30-20-14-27(15-21-30)9-3-6-24/h1-3,7-21H2. The molecule has 0 spiro atoms. The van der Waals surface area contributed by atoms with E-state index in [9.17, 15) is 0 Å². The SMILES string of the molecule is N#CCCN1CCN(P(=S)(N2CCN(CCC#N)CC2)N2CCN(CCC#N)CC2)CC1. The monoisotopic (exact) mass is 477 g/mol. The molecule has 32 heavy (non-hydrogen) atoms. The molecule has 0 bridgehead atoms. The van der Waals surface area contributed by atoms with Gasteiger partial charge < -0.3 is 0 Å². The molecule has 3 aliphatic heterocycles. The maximum absolute atomic E-state index is 8.91. The molecular weight excluding hydrogens is 441 g/mol. The normalized spacial score (nSPS) is 23.4. The summed E-state index contributed by atoms with van der Waals surface area (Å²) in [5, 5.41) is 26.7. The molecule has 3 rings (SSSR count). The van der Waals surface area contributed by atoms with Gasteiger partial charge in [0, 0.05) is 117 Å². The lowest BCUT2D eigenvalue weighted by Gasteiger charge is -2.54. The number of hydrogen-bond acceptors (Lipinski definition) is 7. The second-order valence-electron chi connectivity index (χ2n) is 8.62. The number of nitriles is 3. The van der Waals surface area contributed by atoms with E-state index in [0.29, 0.717) is 19.3 Å². The van der Waals surface area contributed by atoms with E-state index < -0.39 is 6.49 Å². The molecule has 0 radical (unpaired) electrons. The minimum absolute atomic E-state index is 0.587. The molecule has 0 aromatic heterocycles. The highest BCUT2D eigenvalue weighted by atomic mass is 32.4. The number of piperazine rings is 3. The number of rotatable bonds is 9. The minimum Gasteiger partial charge on any atom is -0.300 e. The fourth-order valence-electron chi connectivity index (χ4n) is 4.83. The van der Waals surface area contributed by atoms with Crippen LogP contribution < -0.4 is 0 Å². The third kappa shape index (κ3) is 6.48. The topological polar surface area (TPSA) is 90.8 Å². The molecule has 3 fully saturated rings. The molecule has 0 amide bonds. The maximum Gasteiger partial charge on any atom is 0.145 e. The molecule has 0 aromatic carbocycles. The van der Waals surface area contributed by atoms with Gasteiger partial charge in [0.25, 0.3) is 0 Å². The fourth-order valence-corrected chi connectivity index (χ4v) is 9.47. The molecule has 11 heteroatoms. The first kappa shape index (κ1) is 25.5. The van der Waals surface area contributed by atoms with Gasteiger partial charge in [0.15, 0.2) is 0 Å². The Hall–Kier alpha value is -1.12. The van der Waals surface area contributed by atoms with Crippen molar-refractivity contribution in [3.8, 4) is 18.2 Å². The zero-order valence-corrected chi connectivity index (χ0v) is 20.8. The van der Waals surface area contributed by atoms with Crippen molar-refractivity contribution in [1.29, 1.82) is 15.8 Å². The van der Waals surface area contributed by atoms with Crippen molar-refractivity contribution in [2.45, 2.75) is 19.3 Å². The second kappa shape index (κ2) is 12.9. The van der Waals surface area contributed by atoms with Gasteiger partial charge in [0.05, 0.1) is 18.2 Å². The van der Waals surface area contributed by atoms with Gasteiger partial charge in [0.2, 0.25) is 0 Å². The Morgan fingerprint density at radius 1 is 0.500 bits per heavy atom. The quantitative estimate of drug-likeness (QED) is 0.444. The lowest BCUT2D eigenvalue weighted by Crippen LogP contribution is -2.56. The Labute approximate surface area is 198 Å². The van der Waals surface area contributed by atoms with Crippen molar-refractivity contribution >= 4 is 18.3 Å². The van der Waals surface area contributed by atoms with Crippen molar-refractivity contribution in [3.05, 3.63) is 0 Å². The van der Waals surface area contributed by atoms with E-state index in [1.807, 2.05) is 0 Å². The minimum atomic E-state index is -2.04. The number of nitrogens with zero attached hydrogens (tertiary/aromatic N) is 9. The molecule has 3 heterocycles. The molecule has 0 saturated carbocycles. The molecular formula is C21H36N9PS. The Kier molecular flexibility index (Phi) is 10.3. The molecule has 0 aromatic rings. The van der Waals surface area contributed by atoms with Crippen LogP contribution in [-0.4, -0.2) is 127 Å². The molecule has 3 aliphatic rings. The van der Waals surface area contributed by atoms with Gasteiger partial charge in [-0.3, -0.25) is 14.7 Å². The van der Waals surface area contributed by atoms with E-state index in [2.05, 4.69) is 46.9 Å². The van der Waals surface area contributed by atoms with E-state index in [1.165, 1.54) is 0 Å². The molecule has 0 aliphatic carbocycles. The van der Waals surface area contributed by atoms with Crippen LogP contribution in [0.3, 0.4) is 0 Å². The highest BCUT2D eigenvalue weighted by Gasteiger charge is 2.41. The Balaban J connectivity index is 1.67. The van der Waals surface area contributed by atoms with E-state index in [1.54, 1.807) is 0 Å². The van der Waals surface area contributed by atoms with Gasteiger partial charge in [-0.25, -0.2) is 14.0 Å². The summed E-state index contributed by atoms with van der Waals surface area (Å²) >= 11 is 6.62. The summed E-state index contributed by atoms with van der Waals surface area (Å²) in [6, 6.07) is 6.79. The van der Waals surface area contributed by atoms with Gasteiger partial charge in [-0.1, -0.05) is 0 Å². The molecule has 9 nitrogen and oxygen atoms in total. The number of hydrogen-bond donors (Lipinski definition) is 0. The van der Waals surface area contributed by atoms with Gasteiger partial charge >= 0.3 is 0 Å². The molecule has 176 valence electrons. The van der Waals surface area contributed by atoms with Crippen molar-refractivity contribution in [2.75, 3.05) is 98.2 Å². The van der Waals surface area contributed by atoms with Crippen LogP contribution in [0.1, 0.15) is 19.3 Å². The first-order chi connectivity index (χ1) is 15.6. The van der Waals surface area contributed by atoms with Crippen LogP contribution in [0.5, 0.6) is 0 Å². The summed E-state index contributed by atoms with van der Waals surface area (Å²) in [4.78, 5) is 7.16. The largest absolute Gasteiger partial charge is 0.300 e. The van der Waals surface area contributed by atoms with Crippen LogP contribution in [0.15, 0.2) is 0 Å². The molecule has 0 unspecified atom stereocenters. The summed E-state index contributed by atoms with van der Waals surface area (Å²) < 4.78 is 7.75. The Morgan fingerprint density at radius 2 is 0.750 bits per heavy atom. The molecule has 0 N–H and O–H groups in total. The third-order valence-corrected chi connectivity index (χ3v) is 12.3. The Morgan fingerprint density at radius 3 is 0.969 bits per heavy atom. The first-order valence-corrected chi connectivity index (χ1v) is 14.4. The first-order valence-electron chi connectivity index (χ1n) is 11.8. The van der Waals surface area contributed by atoms with E-state index >= 15 is 0 Å². The summed E-state index contributed by atoms with van der Waals surface area (Å²) in [5.74, 6) is 0.